The quantitative estimate of drug-likeness (QED) is 0.160. The van der Waals surface area contributed by atoms with Crippen LogP contribution in [0.25, 0.3) is 144 Å². The number of aromatic nitrogens is 6. The van der Waals surface area contributed by atoms with Gasteiger partial charge in [0, 0.05) is 54.3 Å². The van der Waals surface area contributed by atoms with Crippen molar-refractivity contribution in [2.24, 2.45) is 0 Å². The Morgan fingerprint density at radius 2 is 0.494 bits per heavy atom. The Bertz CT molecular complexity index is 5290. The van der Waals surface area contributed by atoms with Crippen molar-refractivity contribution in [3.63, 3.8) is 0 Å². The zero-order valence-electron chi connectivity index (χ0n) is 49.4. The van der Waals surface area contributed by atoms with E-state index in [0.717, 1.165) is 106 Å². The summed E-state index contributed by atoms with van der Waals surface area (Å²) in [5, 5.41) is 9.51. The molecule has 0 spiro atoms. The van der Waals surface area contributed by atoms with Crippen molar-refractivity contribution in [2.75, 3.05) is 0 Å². The van der Waals surface area contributed by atoms with Crippen LogP contribution in [0.3, 0.4) is 0 Å². The van der Waals surface area contributed by atoms with E-state index < -0.39 is 0 Å². The molecule has 85 heavy (non-hydrogen) atoms. The van der Waals surface area contributed by atoms with Gasteiger partial charge >= 0.3 is 0 Å². The van der Waals surface area contributed by atoms with Crippen LogP contribution in [0.1, 0.15) is 50.2 Å². The molecule has 0 aliphatic carbocycles. The van der Waals surface area contributed by atoms with E-state index in [1.54, 1.807) is 0 Å². The van der Waals surface area contributed by atoms with Gasteiger partial charge in [-0.15, -0.1) is 0 Å². The molecule has 16 rings (SSSR count). The molecule has 16 aromatic rings. The molecular weight excluding hydrogens is 1030 g/mol. The number of benzene rings is 10. The minimum atomic E-state index is 0.831. The molecule has 0 saturated carbocycles. The molecule has 0 aliphatic heterocycles. The molecule has 0 atom stereocenters. The lowest BCUT2D eigenvalue weighted by Gasteiger charge is -2.31. The largest absolute Gasteiger partial charge is 0.308 e. The molecule has 0 unspecified atom stereocenters. The van der Waals surface area contributed by atoms with Gasteiger partial charge in [0.2, 0.25) is 0 Å². The van der Waals surface area contributed by atoms with Crippen molar-refractivity contribution in [3.8, 4) is 56.5 Å². The third-order valence-electron chi connectivity index (χ3n) is 17.8. The number of pyridine rings is 2. The van der Waals surface area contributed by atoms with Crippen molar-refractivity contribution in [2.45, 2.75) is 62.3 Å². The molecule has 0 saturated heterocycles. The van der Waals surface area contributed by atoms with Crippen LogP contribution >= 0.6 is 0 Å². The van der Waals surface area contributed by atoms with Gasteiger partial charge in [0.1, 0.15) is 0 Å². The summed E-state index contributed by atoms with van der Waals surface area (Å²) in [4.78, 5) is 11.8. The molecule has 0 N–H and O–H groups in total. The van der Waals surface area contributed by atoms with Crippen molar-refractivity contribution < 1.29 is 0 Å². The van der Waals surface area contributed by atoms with Crippen LogP contribution in [-0.2, 0) is 0 Å². The number of fused-ring (bicyclic) bond motifs is 12. The highest BCUT2D eigenvalue weighted by molar-refractivity contribution is 6.19. The molecule has 10 aromatic carbocycles. The lowest BCUT2D eigenvalue weighted by molar-refractivity contribution is 1.03. The first-order valence-electron chi connectivity index (χ1n) is 29.6. The summed E-state index contributed by atoms with van der Waals surface area (Å²) < 4.78 is 10.4. The molecule has 408 valence electrons. The summed E-state index contributed by atoms with van der Waals surface area (Å²) in [6.07, 6.45) is 0. The summed E-state index contributed by atoms with van der Waals surface area (Å²) >= 11 is 0. The van der Waals surface area contributed by atoms with Crippen molar-refractivity contribution >= 4 is 87.2 Å². The van der Waals surface area contributed by atoms with Crippen molar-refractivity contribution in [1.82, 2.24) is 28.2 Å². The van der Waals surface area contributed by atoms with E-state index in [-0.39, 0.29) is 0 Å². The van der Waals surface area contributed by atoms with Crippen LogP contribution in [0.4, 0.5) is 0 Å². The summed E-state index contributed by atoms with van der Waals surface area (Å²) in [6, 6.07) is 79.9. The van der Waals surface area contributed by atoms with Gasteiger partial charge in [0.05, 0.1) is 95.1 Å². The number of aryl methyl sites for hydroxylation is 9. The molecule has 0 radical (unpaired) electrons. The smallest absolute Gasteiger partial charge is 0.0962 e. The van der Waals surface area contributed by atoms with Crippen molar-refractivity contribution in [3.05, 3.63) is 263 Å². The maximum Gasteiger partial charge on any atom is 0.0962 e. The Balaban J connectivity index is 1.31. The minimum Gasteiger partial charge on any atom is -0.308 e. The van der Waals surface area contributed by atoms with Gasteiger partial charge in [-0.2, -0.15) is 0 Å². The zero-order valence-corrected chi connectivity index (χ0v) is 49.4. The Labute approximate surface area is 494 Å². The summed E-state index contributed by atoms with van der Waals surface area (Å²) in [6.45, 7) is 19.8. The van der Waals surface area contributed by atoms with Crippen molar-refractivity contribution in [1.29, 1.82) is 0 Å². The van der Waals surface area contributed by atoms with Gasteiger partial charge in [0.25, 0.3) is 0 Å². The van der Waals surface area contributed by atoms with Crippen LogP contribution in [-0.4, -0.2) is 28.2 Å². The fourth-order valence-electron chi connectivity index (χ4n) is 14.0. The number of hydrogen-bond acceptors (Lipinski definition) is 2. The highest BCUT2D eigenvalue weighted by Gasteiger charge is 2.36. The average Bonchev–Trinajstić information content (AvgIpc) is 1.68. The molecule has 0 fully saturated rings. The van der Waals surface area contributed by atoms with Crippen LogP contribution in [0, 0.1) is 62.3 Å². The summed E-state index contributed by atoms with van der Waals surface area (Å²) in [5.41, 5.74) is 28.9. The van der Waals surface area contributed by atoms with E-state index in [2.05, 4.69) is 293 Å². The van der Waals surface area contributed by atoms with Crippen LogP contribution < -0.4 is 0 Å². The fraction of sp³-hybridized carbons (Fsp3) is 0.114. The summed E-state index contributed by atoms with van der Waals surface area (Å²) in [5.74, 6) is 0. The van der Waals surface area contributed by atoms with E-state index >= 15 is 0 Å². The molecule has 0 aliphatic rings. The first-order valence-corrected chi connectivity index (χ1v) is 29.6. The van der Waals surface area contributed by atoms with E-state index in [1.165, 1.54) is 87.6 Å². The predicted molar refractivity (Wildman–Crippen MR) is 358 cm³/mol. The number of hydrogen-bond donors (Lipinski definition) is 0. The van der Waals surface area contributed by atoms with Gasteiger partial charge in [-0.25, -0.2) is 4.98 Å². The molecule has 6 heterocycles. The second kappa shape index (κ2) is 18.9. The predicted octanol–water partition coefficient (Wildman–Crippen LogP) is 20.6. The van der Waals surface area contributed by atoms with Gasteiger partial charge in [-0.3, -0.25) is 4.98 Å². The monoisotopic (exact) mass is 1090 g/mol. The third kappa shape index (κ3) is 7.71. The average molecular weight is 1100 g/mol. The second-order valence-electron chi connectivity index (χ2n) is 24.1. The molecule has 6 nitrogen and oxygen atoms in total. The maximum absolute atomic E-state index is 6.00. The SMILES string of the molecule is Cc1ccc2c(c1)c1cc(C)ccc1n2-c1c(-c2cccc(C)n2)c(-n2c3ccc(C)cc3c3cc(C)ccc32)c(-n2c3ccc(C)cc3c3cc(C)ccc32)c(-n2c3ccc(C)cc3c3cc(C)ccc32)c1-c1cccc(-c2ccccc2)n1. The molecule has 6 aromatic heterocycles. The van der Waals surface area contributed by atoms with E-state index in [9.17, 15) is 0 Å². The van der Waals surface area contributed by atoms with E-state index in [1.807, 2.05) is 0 Å². The van der Waals surface area contributed by atoms with Gasteiger partial charge in [0.15, 0.2) is 0 Å². The first kappa shape index (κ1) is 50.4. The molecule has 0 bridgehead atoms. The third-order valence-corrected chi connectivity index (χ3v) is 17.8. The molecule has 0 amide bonds. The van der Waals surface area contributed by atoms with Crippen LogP contribution in [0.2, 0.25) is 0 Å². The number of rotatable bonds is 7. The highest BCUT2D eigenvalue weighted by atomic mass is 15.1. The Morgan fingerprint density at radius 1 is 0.224 bits per heavy atom. The van der Waals surface area contributed by atoms with Gasteiger partial charge in [-0.05, 0) is 184 Å². The fourth-order valence-corrected chi connectivity index (χ4v) is 14.0. The second-order valence-corrected chi connectivity index (χ2v) is 24.1. The standard InChI is InChI=1S/C79H62N6/c1-45-21-29-66-55(37-45)56-38-46(2)22-30-67(56)82(66)76-74(64-19-13-15-53(9)80-64)77(83-68-31-23-47(3)39-57(68)58-40-48(4)24-32-69(58)83)79(85-72-35-27-51(7)43-61(72)62-44-52(8)28-36-73(62)85)78(75(76)65-20-14-18-63(81-65)54-16-11-10-12-17-54)84-70-33-25-49(5)41-59(70)60-42-50(6)26-34-71(60)84/h10-44H,1-9H3. The van der Waals surface area contributed by atoms with E-state index in [4.69, 9.17) is 9.97 Å². The van der Waals surface area contributed by atoms with Gasteiger partial charge < -0.3 is 18.3 Å². The lowest BCUT2D eigenvalue weighted by Crippen LogP contribution is -2.16. The Kier molecular flexibility index (Phi) is 11.2. The highest BCUT2D eigenvalue weighted by Crippen LogP contribution is 2.54. The van der Waals surface area contributed by atoms with Crippen LogP contribution in [0.15, 0.2) is 212 Å². The Hall–Kier alpha value is -10.3. The molecular formula is C79H62N6. The minimum absolute atomic E-state index is 0.831. The maximum atomic E-state index is 6.00. The van der Waals surface area contributed by atoms with Gasteiger partial charge in [-0.1, -0.05) is 136 Å². The first-order chi connectivity index (χ1) is 41.3. The molecule has 6 heteroatoms. The summed E-state index contributed by atoms with van der Waals surface area (Å²) in [7, 11) is 0. The Morgan fingerprint density at radius 3 is 0.812 bits per heavy atom. The lowest BCUT2D eigenvalue weighted by atomic mass is 9.92. The normalized spacial score (nSPS) is 12.1. The number of nitrogens with zero attached hydrogens (tertiary/aromatic N) is 6. The topological polar surface area (TPSA) is 45.5 Å². The zero-order chi connectivity index (χ0) is 57.7. The van der Waals surface area contributed by atoms with E-state index in [0.29, 0.717) is 0 Å². The van der Waals surface area contributed by atoms with Crippen LogP contribution in [0.5, 0.6) is 0 Å².